The number of aryl methyl sites for hydroxylation is 1. The van der Waals surface area contributed by atoms with Crippen LogP contribution in [0, 0.1) is 0 Å². The number of hydrogen-bond acceptors (Lipinski definition) is 3. The van der Waals surface area contributed by atoms with E-state index in [1.807, 2.05) is 36.1 Å². The summed E-state index contributed by atoms with van der Waals surface area (Å²) < 4.78 is 7.79. The van der Waals surface area contributed by atoms with Crippen molar-refractivity contribution < 1.29 is 4.74 Å². The normalized spacial score (nSPS) is 10.6. The van der Waals surface area contributed by atoms with Gasteiger partial charge in [0.2, 0.25) is 0 Å². The Kier molecular flexibility index (Phi) is 4.98. The molecule has 19 heavy (non-hydrogen) atoms. The van der Waals surface area contributed by atoms with E-state index in [0.29, 0.717) is 6.61 Å². The fraction of sp³-hybridized carbons (Fsp3) is 0.400. The second-order valence-electron chi connectivity index (χ2n) is 4.48. The molecule has 0 unspecified atom stereocenters. The van der Waals surface area contributed by atoms with E-state index in [0.717, 1.165) is 31.1 Å². The molecule has 0 atom stereocenters. The van der Waals surface area contributed by atoms with Gasteiger partial charge in [0.05, 0.1) is 6.61 Å². The molecule has 4 heteroatoms. The van der Waals surface area contributed by atoms with Gasteiger partial charge in [-0.1, -0.05) is 19.1 Å². The van der Waals surface area contributed by atoms with E-state index in [2.05, 4.69) is 29.4 Å². The van der Waals surface area contributed by atoms with Crippen LogP contribution in [0.2, 0.25) is 0 Å². The van der Waals surface area contributed by atoms with Gasteiger partial charge in [-0.25, -0.2) is 4.98 Å². The van der Waals surface area contributed by atoms with Crippen molar-refractivity contribution in [2.75, 3.05) is 13.2 Å². The first-order valence-electron chi connectivity index (χ1n) is 6.68. The van der Waals surface area contributed by atoms with E-state index in [1.165, 1.54) is 5.56 Å². The molecule has 0 aliphatic carbocycles. The summed E-state index contributed by atoms with van der Waals surface area (Å²) in [5.41, 5.74) is 1.25. The van der Waals surface area contributed by atoms with Crippen LogP contribution in [0.3, 0.4) is 0 Å². The van der Waals surface area contributed by atoms with Crippen molar-refractivity contribution in [1.82, 2.24) is 14.9 Å². The monoisotopic (exact) mass is 259 g/mol. The molecule has 0 saturated carbocycles. The Morgan fingerprint density at radius 1 is 1.37 bits per heavy atom. The Labute approximate surface area is 114 Å². The lowest BCUT2D eigenvalue weighted by atomic mass is 10.2. The molecule has 1 aromatic carbocycles. The topological polar surface area (TPSA) is 39.1 Å². The number of rotatable bonds is 7. The molecule has 1 aromatic heterocycles. The molecule has 0 radical (unpaired) electrons. The van der Waals surface area contributed by atoms with Crippen LogP contribution < -0.4 is 10.1 Å². The molecular weight excluding hydrogens is 238 g/mol. The highest BCUT2D eigenvalue weighted by Crippen LogP contribution is 2.13. The Hall–Kier alpha value is -1.81. The minimum Gasteiger partial charge on any atom is -0.493 e. The zero-order valence-corrected chi connectivity index (χ0v) is 11.6. The van der Waals surface area contributed by atoms with Crippen LogP contribution >= 0.6 is 0 Å². The van der Waals surface area contributed by atoms with Gasteiger partial charge in [0, 0.05) is 32.4 Å². The van der Waals surface area contributed by atoms with Gasteiger partial charge in [0.1, 0.15) is 11.6 Å². The average Bonchev–Trinajstić information content (AvgIpc) is 2.83. The third-order valence-corrected chi connectivity index (χ3v) is 2.99. The van der Waals surface area contributed by atoms with E-state index < -0.39 is 0 Å². The molecule has 0 fully saturated rings. The molecule has 0 amide bonds. The van der Waals surface area contributed by atoms with Crippen molar-refractivity contribution in [3.05, 3.63) is 48.0 Å². The van der Waals surface area contributed by atoms with Crippen LogP contribution in [0.25, 0.3) is 0 Å². The maximum absolute atomic E-state index is 5.77. The maximum atomic E-state index is 5.77. The first-order valence-corrected chi connectivity index (χ1v) is 6.68. The Bertz CT molecular complexity index is 508. The molecule has 1 N–H and O–H groups in total. The maximum Gasteiger partial charge on any atom is 0.119 e. The summed E-state index contributed by atoms with van der Waals surface area (Å²) in [6, 6.07) is 8.21. The number of nitrogens with zero attached hydrogens (tertiary/aromatic N) is 2. The molecule has 0 aliphatic rings. The summed E-state index contributed by atoms with van der Waals surface area (Å²) in [5, 5.41) is 3.31. The fourth-order valence-corrected chi connectivity index (χ4v) is 1.91. The van der Waals surface area contributed by atoms with Crippen molar-refractivity contribution in [2.45, 2.75) is 19.9 Å². The predicted octanol–water partition coefficient (Wildman–Crippen LogP) is 2.15. The number of hydrogen-bond donors (Lipinski definition) is 1. The number of aromatic nitrogens is 2. The van der Waals surface area contributed by atoms with E-state index in [-0.39, 0.29) is 0 Å². The van der Waals surface area contributed by atoms with Crippen LogP contribution in [0.15, 0.2) is 36.7 Å². The van der Waals surface area contributed by atoms with Crippen LogP contribution in [-0.2, 0) is 20.0 Å². The summed E-state index contributed by atoms with van der Waals surface area (Å²) in [4.78, 5) is 4.28. The standard InChI is InChI=1S/C15H21N3O/c1-3-16-12-13-5-4-6-14(11-13)19-10-7-15-17-8-9-18(15)2/h4-6,8-9,11,16H,3,7,10,12H2,1-2H3. The van der Waals surface area contributed by atoms with Crippen LogP contribution in [0.1, 0.15) is 18.3 Å². The first-order chi connectivity index (χ1) is 9.29. The lowest BCUT2D eigenvalue weighted by Gasteiger charge is -2.08. The molecule has 0 saturated heterocycles. The van der Waals surface area contributed by atoms with Gasteiger partial charge >= 0.3 is 0 Å². The Balaban J connectivity index is 1.84. The first kappa shape index (κ1) is 13.6. The smallest absolute Gasteiger partial charge is 0.119 e. The zero-order valence-electron chi connectivity index (χ0n) is 11.6. The molecule has 0 aliphatic heterocycles. The summed E-state index contributed by atoms with van der Waals surface area (Å²) >= 11 is 0. The van der Waals surface area contributed by atoms with Crippen molar-refractivity contribution in [3.8, 4) is 5.75 Å². The molecule has 2 rings (SSSR count). The lowest BCUT2D eigenvalue weighted by Crippen LogP contribution is -2.11. The number of ether oxygens (including phenoxy) is 1. The summed E-state index contributed by atoms with van der Waals surface area (Å²) in [7, 11) is 2.00. The van der Waals surface area contributed by atoms with Gasteiger partial charge in [-0.05, 0) is 24.2 Å². The molecule has 2 aromatic rings. The van der Waals surface area contributed by atoms with Crippen LogP contribution in [0.5, 0.6) is 5.75 Å². The molecule has 102 valence electrons. The van der Waals surface area contributed by atoms with Crippen molar-refractivity contribution >= 4 is 0 Å². The number of nitrogens with one attached hydrogen (secondary N) is 1. The van der Waals surface area contributed by atoms with Gasteiger partial charge in [0.15, 0.2) is 0 Å². The molecule has 1 heterocycles. The van der Waals surface area contributed by atoms with E-state index in [9.17, 15) is 0 Å². The van der Waals surface area contributed by atoms with E-state index >= 15 is 0 Å². The summed E-state index contributed by atoms with van der Waals surface area (Å²) in [6.07, 6.45) is 4.58. The van der Waals surface area contributed by atoms with E-state index in [4.69, 9.17) is 4.74 Å². The van der Waals surface area contributed by atoms with Crippen LogP contribution in [0.4, 0.5) is 0 Å². The Morgan fingerprint density at radius 3 is 3.00 bits per heavy atom. The third-order valence-electron chi connectivity index (χ3n) is 2.99. The average molecular weight is 259 g/mol. The van der Waals surface area contributed by atoms with Crippen molar-refractivity contribution in [1.29, 1.82) is 0 Å². The second kappa shape index (κ2) is 6.95. The molecule has 0 spiro atoms. The molecule has 0 bridgehead atoms. The fourth-order valence-electron chi connectivity index (χ4n) is 1.91. The van der Waals surface area contributed by atoms with Crippen molar-refractivity contribution in [2.24, 2.45) is 7.05 Å². The molecular formula is C15H21N3O. The van der Waals surface area contributed by atoms with Gasteiger partial charge in [0.25, 0.3) is 0 Å². The summed E-state index contributed by atoms with van der Waals surface area (Å²) in [6.45, 7) is 4.61. The Morgan fingerprint density at radius 2 is 2.26 bits per heavy atom. The zero-order chi connectivity index (χ0) is 13.5. The number of imidazole rings is 1. The van der Waals surface area contributed by atoms with E-state index in [1.54, 1.807) is 0 Å². The van der Waals surface area contributed by atoms with Gasteiger partial charge < -0.3 is 14.6 Å². The minimum absolute atomic E-state index is 0.648. The quantitative estimate of drug-likeness (QED) is 0.828. The van der Waals surface area contributed by atoms with Gasteiger partial charge in [-0.15, -0.1) is 0 Å². The minimum atomic E-state index is 0.648. The number of benzene rings is 1. The van der Waals surface area contributed by atoms with Crippen molar-refractivity contribution in [3.63, 3.8) is 0 Å². The van der Waals surface area contributed by atoms with Crippen LogP contribution in [-0.4, -0.2) is 22.7 Å². The highest BCUT2D eigenvalue weighted by Gasteiger charge is 2.01. The SMILES string of the molecule is CCNCc1cccc(OCCc2nccn2C)c1. The third kappa shape index (κ3) is 4.10. The largest absolute Gasteiger partial charge is 0.493 e. The highest BCUT2D eigenvalue weighted by atomic mass is 16.5. The second-order valence-corrected chi connectivity index (χ2v) is 4.48. The summed E-state index contributed by atoms with van der Waals surface area (Å²) in [5.74, 6) is 1.97. The predicted molar refractivity (Wildman–Crippen MR) is 76.2 cm³/mol. The highest BCUT2D eigenvalue weighted by molar-refractivity contribution is 5.28. The van der Waals surface area contributed by atoms with Gasteiger partial charge in [-0.3, -0.25) is 0 Å². The lowest BCUT2D eigenvalue weighted by molar-refractivity contribution is 0.317. The van der Waals surface area contributed by atoms with Gasteiger partial charge in [-0.2, -0.15) is 0 Å². The molecule has 4 nitrogen and oxygen atoms in total.